The summed E-state index contributed by atoms with van der Waals surface area (Å²) >= 11 is 1.74. The maximum absolute atomic E-state index is 13.9. The molecular weight excluding hydrogens is 401 g/mol. The summed E-state index contributed by atoms with van der Waals surface area (Å²) in [6, 6.07) is 23.5. The molecule has 3 aromatic rings. The van der Waals surface area contributed by atoms with Crippen LogP contribution >= 0.6 is 11.8 Å². The standard InChI is InChI=1S/C24H18FNO3S/c25-21-9-5-4-8-20(21)23-26-22(24(27)29-23)16-17-10-12-18(13-11-17)28-14-15-30-19-6-2-1-3-7-19/h1-13,16H,14-15H2. The monoisotopic (exact) mass is 419 g/mol. The van der Waals surface area contributed by atoms with Gasteiger partial charge in [-0.15, -0.1) is 11.8 Å². The van der Waals surface area contributed by atoms with Crippen LogP contribution in [0.3, 0.4) is 0 Å². The Morgan fingerprint density at radius 1 is 0.967 bits per heavy atom. The molecule has 4 rings (SSSR count). The summed E-state index contributed by atoms with van der Waals surface area (Å²) < 4.78 is 24.8. The lowest BCUT2D eigenvalue weighted by molar-refractivity contribution is -0.129. The molecule has 0 aromatic heterocycles. The summed E-state index contributed by atoms with van der Waals surface area (Å²) in [7, 11) is 0. The minimum atomic E-state index is -0.605. The number of benzene rings is 3. The van der Waals surface area contributed by atoms with Crippen LogP contribution in [0.4, 0.5) is 4.39 Å². The van der Waals surface area contributed by atoms with E-state index in [0.29, 0.717) is 6.61 Å². The molecule has 1 aliphatic rings. The van der Waals surface area contributed by atoms with Crippen molar-refractivity contribution in [1.82, 2.24) is 0 Å². The van der Waals surface area contributed by atoms with Crippen LogP contribution < -0.4 is 4.74 Å². The number of cyclic esters (lactones) is 1. The van der Waals surface area contributed by atoms with Gasteiger partial charge in [0.05, 0.1) is 12.2 Å². The number of hydrogen-bond acceptors (Lipinski definition) is 5. The van der Waals surface area contributed by atoms with Gasteiger partial charge in [0.1, 0.15) is 11.6 Å². The first-order chi connectivity index (χ1) is 14.7. The summed E-state index contributed by atoms with van der Waals surface area (Å²) in [6.07, 6.45) is 1.60. The number of carbonyl (C=O) groups is 1. The van der Waals surface area contributed by atoms with Crippen molar-refractivity contribution < 1.29 is 18.7 Å². The Morgan fingerprint density at radius 3 is 2.47 bits per heavy atom. The van der Waals surface area contributed by atoms with Gasteiger partial charge in [-0.05, 0) is 48.0 Å². The topological polar surface area (TPSA) is 47.9 Å². The fraction of sp³-hybridized carbons (Fsp3) is 0.0833. The van der Waals surface area contributed by atoms with Gasteiger partial charge in [0.15, 0.2) is 5.70 Å². The Labute approximate surface area is 178 Å². The molecule has 6 heteroatoms. The quantitative estimate of drug-likeness (QED) is 0.224. The fourth-order valence-corrected chi connectivity index (χ4v) is 3.56. The predicted octanol–water partition coefficient (Wildman–Crippen LogP) is 5.34. The van der Waals surface area contributed by atoms with Gasteiger partial charge in [0, 0.05) is 10.6 Å². The molecule has 0 N–H and O–H groups in total. The van der Waals surface area contributed by atoms with E-state index in [9.17, 15) is 9.18 Å². The van der Waals surface area contributed by atoms with Crippen molar-refractivity contribution in [3.05, 3.63) is 102 Å². The summed E-state index contributed by atoms with van der Waals surface area (Å²) in [5, 5.41) is 0. The van der Waals surface area contributed by atoms with E-state index in [1.807, 2.05) is 42.5 Å². The number of thioether (sulfide) groups is 1. The lowest BCUT2D eigenvalue weighted by Crippen LogP contribution is -2.07. The molecule has 3 aromatic carbocycles. The van der Waals surface area contributed by atoms with Crippen molar-refractivity contribution >= 4 is 29.7 Å². The number of rotatable bonds is 7. The van der Waals surface area contributed by atoms with Gasteiger partial charge in [-0.25, -0.2) is 14.2 Å². The molecule has 0 saturated heterocycles. The van der Waals surface area contributed by atoms with Gasteiger partial charge in [-0.1, -0.05) is 42.5 Å². The lowest BCUT2D eigenvalue weighted by Gasteiger charge is -2.06. The molecule has 150 valence electrons. The maximum Gasteiger partial charge on any atom is 0.363 e. The van der Waals surface area contributed by atoms with Crippen molar-refractivity contribution in [3.8, 4) is 5.75 Å². The van der Waals surface area contributed by atoms with E-state index < -0.39 is 11.8 Å². The molecule has 1 heterocycles. The van der Waals surface area contributed by atoms with Gasteiger partial charge in [-0.2, -0.15) is 0 Å². The highest BCUT2D eigenvalue weighted by atomic mass is 32.2. The Bertz CT molecular complexity index is 1090. The second-order valence-corrected chi connectivity index (χ2v) is 7.56. The third-order valence-corrected chi connectivity index (χ3v) is 5.25. The fourth-order valence-electron chi connectivity index (χ4n) is 2.81. The Kier molecular flexibility index (Phi) is 6.25. The van der Waals surface area contributed by atoms with Crippen LogP contribution in [0.15, 0.2) is 94.4 Å². The van der Waals surface area contributed by atoms with E-state index >= 15 is 0 Å². The molecule has 0 radical (unpaired) electrons. The molecule has 0 bridgehead atoms. The molecule has 4 nitrogen and oxygen atoms in total. The summed E-state index contributed by atoms with van der Waals surface area (Å²) in [5.74, 6) is 0.467. The van der Waals surface area contributed by atoms with Crippen LogP contribution in [0.1, 0.15) is 11.1 Å². The first kappa shape index (κ1) is 19.9. The molecule has 0 unspecified atom stereocenters. The number of nitrogens with zero attached hydrogens (tertiary/aromatic N) is 1. The Balaban J connectivity index is 1.36. The molecule has 0 saturated carbocycles. The normalized spacial score (nSPS) is 14.5. The number of aliphatic imine (C=N–C) groups is 1. The molecule has 0 aliphatic carbocycles. The van der Waals surface area contributed by atoms with Gasteiger partial charge >= 0.3 is 5.97 Å². The van der Waals surface area contributed by atoms with Crippen LogP contribution in [0, 0.1) is 5.82 Å². The van der Waals surface area contributed by atoms with Crippen molar-refractivity contribution in [2.45, 2.75) is 4.90 Å². The summed E-state index contributed by atoms with van der Waals surface area (Å²) in [6.45, 7) is 0.586. The lowest BCUT2D eigenvalue weighted by atomic mass is 10.2. The highest BCUT2D eigenvalue weighted by Gasteiger charge is 2.25. The smallest absolute Gasteiger partial charge is 0.363 e. The third kappa shape index (κ3) is 4.96. The van der Waals surface area contributed by atoms with Gasteiger partial charge < -0.3 is 9.47 Å². The van der Waals surface area contributed by atoms with Crippen LogP contribution in [0.5, 0.6) is 5.75 Å². The van der Waals surface area contributed by atoms with E-state index in [0.717, 1.165) is 17.1 Å². The predicted molar refractivity (Wildman–Crippen MR) is 116 cm³/mol. The summed E-state index contributed by atoms with van der Waals surface area (Å²) in [5.41, 5.74) is 1.05. The molecule has 30 heavy (non-hydrogen) atoms. The molecule has 1 aliphatic heterocycles. The SMILES string of the molecule is O=C1OC(c2ccccc2F)=NC1=Cc1ccc(OCCSc2ccccc2)cc1. The van der Waals surface area contributed by atoms with E-state index in [2.05, 4.69) is 17.1 Å². The first-order valence-electron chi connectivity index (χ1n) is 9.37. The average Bonchev–Trinajstić information content (AvgIpc) is 3.13. The zero-order valence-electron chi connectivity index (χ0n) is 16.0. The van der Waals surface area contributed by atoms with E-state index in [-0.39, 0.29) is 17.2 Å². The van der Waals surface area contributed by atoms with E-state index in [4.69, 9.17) is 9.47 Å². The minimum absolute atomic E-state index is 0.0276. The molecule has 0 amide bonds. The Morgan fingerprint density at radius 2 is 1.70 bits per heavy atom. The van der Waals surface area contributed by atoms with E-state index in [1.54, 1.807) is 30.0 Å². The highest BCUT2D eigenvalue weighted by molar-refractivity contribution is 7.99. The van der Waals surface area contributed by atoms with Crippen LogP contribution in [-0.4, -0.2) is 24.2 Å². The number of ether oxygens (including phenoxy) is 2. The van der Waals surface area contributed by atoms with Gasteiger partial charge in [0.25, 0.3) is 0 Å². The average molecular weight is 419 g/mol. The second-order valence-electron chi connectivity index (χ2n) is 6.39. The van der Waals surface area contributed by atoms with Crippen LogP contribution in [-0.2, 0) is 9.53 Å². The maximum atomic E-state index is 13.9. The number of hydrogen-bond donors (Lipinski definition) is 0. The van der Waals surface area contributed by atoms with Gasteiger partial charge in [-0.3, -0.25) is 0 Å². The van der Waals surface area contributed by atoms with E-state index in [1.165, 1.54) is 17.0 Å². The number of carbonyl (C=O) groups excluding carboxylic acids is 1. The Hall–Kier alpha value is -3.38. The second kappa shape index (κ2) is 9.41. The zero-order valence-corrected chi connectivity index (χ0v) is 16.8. The van der Waals surface area contributed by atoms with Crippen LogP contribution in [0.2, 0.25) is 0 Å². The zero-order chi connectivity index (χ0) is 20.8. The third-order valence-electron chi connectivity index (χ3n) is 4.27. The first-order valence-corrected chi connectivity index (χ1v) is 10.4. The molecule has 0 atom stereocenters. The molecular formula is C24H18FNO3S. The van der Waals surface area contributed by atoms with Crippen molar-refractivity contribution in [2.75, 3.05) is 12.4 Å². The summed E-state index contributed by atoms with van der Waals surface area (Å²) in [4.78, 5) is 17.4. The number of halogens is 1. The largest absolute Gasteiger partial charge is 0.493 e. The molecule has 0 fully saturated rings. The molecule has 0 spiro atoms. The number of esters is 1. The van der Waals surface area contributed by atoms with Gasteiger partial charge in [0.2, 0.25) is 5.90 Å². The van der Waals surface area contributed by atoms with Crippen molar-refractivity contribution in [2.24, 2.45) is 4.99 Å². The van der Waals surface area contributed by atoms with Crippen LogP contribution in [0.25, 0.3) is 6.08 Å². The van der Waals surface area contributed by atoms with Crippen molar-refractivity contribution in [1.29, 1.82) is 0 Å². The van der Waals surface area contributed by atoms with Crippen molar-refractivity contribution in [3.63, 3.8) is 0 Å². The minimum Gasteiger partial charge on any atom is -0.493 e. The highest BCUT2D eigenvalue weighted by Crippen LogP contribution is 2.22.